The minimum atomic E-state index is -1.23. The van der Waals surface area contributed by atoms with Gasteiger partial charge in [-0.05, 0) is 43.7 Å². The van der Waals surface area contributed by atoms with Crippen LogP contribution in [0.5, 0.6) is 0 Å². The molecule has 31 heavy (non-hydrogen) atoms. The van der Waals surface area contributed by atoms with E-state index in [9.17, 15) is 19.2 Å². The first-order chi connectivity index (χ1) is 14.6. The summed E-state index contributed by atoms with van der Waals surface area (Å²) in [7, 11) is 0. The van der Waals surface area contributed by atoms with Crippen LogP contribution in [-0.4, -0.2) is 52.4 Å². The maximum absolute atomic E-state index is 11.7. The lowest BCUT2D eigenvalue weighted by Crippen LogP contribution is -2.14. The van der Waals surface area contributed by atoms with Crippen LogP contribution in [0, 0.1) is 0 Å². The van der Waals surface area contributed by atoms with Gasteiger partial charge < -0.3 is 24.8 Å². The molecule has 3 N–H and O–H groups in total. The van der Waals surface area contributed by atoms with Crippen LogP contribution in [0.15, 0.2) is 60.4 Å². The molecular weight excluding hydrogens is 408 g/mol. The number of carboxylic acids is 3. The molecule has 0 saturated heterocycles. The normalized spacial score (nSPS) is 9.48. The molecule has 0 radical (unpaired) electrons. The van der Waals surface area contributed by atoms with E-state index in [2.05, 4.69) is 0 Å². The van der Waals surface area contributed by atoms with E-state index < -0.39 is 23.9 Å². The first kappa shape index (κ1) is 24.9. The van der Waals surface area contributed by atoms with Gasteiger partial charge in [-0.3, -0.25) is 0 Å². The Balaban J connectivity index is 0.000000343. The second kappa shape index (κ2) is 12.4. The van der Waals surface area contributed by atoms with E-state index in [0.717, 1.165) is 5.57 Å². The van der Waals surface area contributed by atoms with Gasteiger partial charge in [0, 0.05) is 0 Å². The number of benzene rings is 2. The number of carbonyl (C=O) groups is 4. The largest absolute Gasteiger partial charge is 0.498 e. The standard InChI is InChI=1S/C14H16O5.C8H6O4/c1-10(2)9-18-7-8-19-14(17)12-6-4-3-5-11(12)13(15)16;9-7(10)5-3-1-2-4-6(5)8(11)12/h3-6,9H,7-8H2,1-2H3,(H,15,16);1-4H,(H,9,10)(H,11,12). The van der Waals surface area contributed by atoms with Gasteiger partial charge in [-0.1, -0.05) is 24.3 Å². The third-order valence-electron chi connectivity index (χ3n) is 3.52. The predicted molar refractivity (Wildman–Crippen MR) is 109 cm³/mol. The second-order valence-corrected chi connectivity index (χ2v) is 6.21. The molecule has 0 heterocycles. The van der Waals surface area contributed by atoms with Crippen LogP contribution in [0.3, 0.4) is 0 Å². The van der Waals surface area contributed by atoms with Gasteiger partial charge in [0.05, 0.1) is 28.5 Å². The Kier molecular flexibility index (Phi) is 9.98. The van der Waals surface area contributed by atoms with Crippen molar-refractivity contribution >= 4 is 23.9 Å². The van der Waals surface area contributed by atoms with Crippen molar-refractivity contribution in [2.24, 2.45) is 0 Å². The Morgan fingerprint density at radius 3 is 1.48 bits per heavy atom. The average molecular weight is 430 g/mol. The third-order valence-corrected chi connectivity index (χ3v) is 3.52. The Morgan fingerprint density at radius 2 is 1.10 bits per heavy atom. The molecular formula is C22H22O9. The molecule has 2 aromatic carbocycles. The molecule has 0 aliphatic heterocycles. The van der Waals surface area contributed by atoms with Crippen LogP contribution in [0.25, 0.3) is 0 Å². The maximum Gasteiger partial charge on any atom is 0.339 e. The van der Waals surface area contributed by atoms with Crippen molar-refractivity contribution in [1.82, 2.24) is 0 Å². The Morgan fingerprint density at radius 1 is 0.710 bits per heavy atom. The second-order valence-electron chi connectivity index (χ2n) is 6.21. The van der Waals surface area contributed by atoms with E-state index >= 15 is 0 Å². The molecule has 0 saturated carbocycles. The zero-order valence-electron chi connectivity index (χ0n) is 16.9. The summed E-state index contributed by atoms with van der Waals surface area (Å²) in [6.07, 6.45) is 1.57. The summed E-state index contributed by atoms with van der Waals surface area (Å²) >= 11 is 0. The fourth-order valence-electron chi connectivity index (χ4n) is 2.19. The highest BCUT2D eigenvalue weighted by atomic mass is 16.6. The molecule has 0 aliphatic rings. The van der Waals surface area contributed by atoms with E-state index in [-0.39, 0.29) is 35.5 Å². The summed E-state index contributed by atoms with van der Waals surface area (Å²) in [6.45, 7) is 4.06. The molecule has 0 aromatic heterocycles. The molecule has 9 nitrogen and oxygen atoms in total. The minimum Gasteiger partial charge on any atom is -0.498 e. The number of rotatable bonds is 8. The van der Waals surface area contributed by atoms with Crippen LogP contribution in [0.4, 0.5) is 0 Å². The minimum absolute atomic E-state index is 0.0391. The van der Waals surface area contributed by atoms with Gasteiger partial charge >= 0.3 is 23.9 Å². The highest BCUT2D eigenvalue weighted by Crippen LogP contribution is 2.10. The smallest absolute Gasteiger partial charge is 0.339 e. The lowest BCUT2D eigenvalue weighted by atomic mass is 10.1. The van der Waals surface area contributed by atoms with Crippen molar-refractivity contribution in [1.29, 1.82) is 0 Å². The Labute approximate surface area is 178 Å². The summed E-state index contributed by atoms with van der Waals surface area (Å²) < 4.78 is 10.0. The number of esters is 1. The van der Waals surface area contributed by atoms with E-state index in [0.29, 0.717) is 0 Å². The highest BCUT2D eigenvalue weighted by Gasteiger charge is 2.16. The summed E-state index contributed by atoms with van der Waals surface area (Å²) in [5.74, 6) is -4.28. The SMILES string of the molecule is CC(C)=COCCOC(=O)c1ccccc1C(=O)O.O=C(O)c1ccccc1C(=O)O. The predicted octanol–water partition coefficient (Wildman–Crippen LogP) is 3.56. The van der Waals surface area contributed by atoms with Gasteiger partial charge in [-0.15, -0.1) is 0 Å². The number of carboxylic acid groups (broad SMARTS) is 3. The molecule has 0 unspecified atom stereocenters. The van der Waals surface area contributed by atoms with E-state index in [4.69, 9.17) is 24.8 Å². The summed E-state index contributed by atoms with van der Waals surface area (Å²) in [5.41, 5.74) is 0.590. The maximum atomic E-state index is 11.7. The average Bonchev–Trinajstić information content (AvgIpc) is 2.73. The van der Waals surface area contributed by atoms with E-state index in [1.165, 1.54) is 36.4 Å². The van der Waals surface area contributed by atoms with Crippen molar-refractivity contribution in [3.8, 4) is 0 Å². The molecule has 2 aromatic rings. The number of allylic oxidation sites excluding steroid dienone is 1. The van der Waals surface area contributed by atoms with Gasteiger partial charge in [0.15, 0.2) is 0 Å². The molecule has 0 bridgehead atoms. The van der Waals surface area contributed by atoms with Gasteiger partial charge in [-0.2, -0.15) is 0 Å². The fraction of sp³-hybridized carbons (Fsp3) is 0.182. The summed E-state index contributed by atoms with van der Waals surface area (Å²) in [5, 5.41) is 26.0. The van der Waals surface area contributed by atoms with Crippen molar-refractivity contribution in [2.75, 3.05) is 13.2 Å². The number of aromatic carboxylic acids is 3. The number of ether oxygens (including phenoxy) is 2. The molecule has 2 rings (SSSR count). The summed E-state index contributed by atoms with van der Waals surface area (Å²) in [6, 6.07) is 11.4. The van der Waals surface area contributed by atoms with Crippen LogP contribution in [0.1, 0.15) is 55.3 Å². The zero-order valence-corrected chi connectivity index (χ0v) is 16.9. The Bertz CT molecular complexity index is 939. The molecule has 164 valence electrons. The number of hydrogen-bond donors (Lipinski definition) is 3. The van der Waals surface area contributed by atoms with Gasteiger partial charge in [0.2, 0.25) is 0 Å². The van der Waals surface area contributed by atoms with Crippen molar-refractivity contribution < 1.29 is 44.0 Å². The first-order valence-electron chi connectivity index (χ1n) is 8.95. The highest BCUT2D eigenvalue weighted by molar-refractivity contribution is 6.02. The molecule has 0 aliphatic carbocycles. The molecule has 0 atom stereocenters. The monoisotopic (exact) mass is 430 g/mol. The van der Waals surface area contributed by atoms with Gasteiger partial charge in [-0.25, -0.2) is 19.2 Å². The van der Waals surface area contributed by atoms with Crippen molar-refractivity contribution in [3.05, 3.63) is 82.6 Å². The topological polar surface area (TPSA) is 147 Å². The van der Waals surface area contributed by atoms with Crippen LogP contribution in [-0.2, 0) is 9.47 Å². The molecule has 0 spiro atoms. The lowest BCUT2D eigenvalue weighted by molar-refractivity contribution is 0.0412. The number of carbonyl (C=O) groups excluding carboxylic acids is 1. The molecule has 0 amide bonds. The molecule has 0 fully saturated rings. The van der Waals surface area contributed by atoms with Crippen molar-refractivity contribution in [2.45, 2.75) is 13.8 Å². The Hall–Kier alpha value is -4.14. The van der Waals surface area contributed by atoms with Crippen molar-refractivity contribution in [3.63, 3.8) is 0 Å². The first-order valence-corrected chi connectivity index (χ1v) is 8.95. The van der Waals surface area contributed by atoms with E-state index in [1.54, 1.807) is 18.4 Å². The van der Waals surface area contributed by atoms with E-state index in [1.807, 2.05) is 13.8 Å². The van der Waals surface area contributed by atoms with Gasteiger partial charge in [0.1, 0.15) is 13.2 Å². The fourth-order valence-corrected chi connectivity index (χ4v) is 2.19. The van der Waals surface area contributed by atoms with Crippen LogP contribution >= 0.6 is 0 Å². The summed E-state index contributed by atoms with van der Waals surface area (Å²) in [4.78, 5) is 43.6. The van der Waals surface area contributed by atoms with Crippen LogP contribution < -0.4 is 0 Å². The number of hydrogen-bond acceptors (Lipinski definition) is 6. The van der Waals surface area contributed by atoms with Crippen LogP contribution in [0.2, 0.25) is 0 Å². The van der Waals surface area contributed by atoms with Gasteiger partial charge in [0.25, 0.3) is 0 Å². The quantitative estimate of drug-likeness (QED) is 0.325. The molecule has 9 heteroatoms. The zero-order chi connectivity index (χ0) is 23.4. The lowest BCUT2D eigenvalue weighted by Gasteiger charge is -2.07. The third kappa shape index (κ3) is 8.40.